The van der Waals surface area contributed by atoms with Gasteiger partial charge in [0.05, 0.1) is 12.3 Å². The van der Waals surface area contributed by atoms with Crippen LogP contribution in [0.4, 0.5) is 5.69 Å². The molecule has 2 aromatic rings. The highest BCUT2D eigenvalue weighted by atomic mass is 32.2. The van der Waals surface area contributed by atoms with Crippen LogP contribution in [-0.2, 0) is 10.0 Å². The minimum absolute atomic E-state index is 0.170. The van der Waals surface area contributed by atoms with Gasteiger partial charge in [-0.2, -0.15) is 0 Å². The number of amides is 1. The van der Waals surface area contributed by atoms with Crippen LogP contribution in [0.25, 0.3) is 0 Å². The van der Waals surface area contributed by atoms with Gasteiger partial charge in [0, 0.05) is 16.1 Å². The van der Waals surface area contributed by atoms with Gasteiger partial charge in [0.15, 0.2) is 0 Å². The molecule has 1 atom stereocenters. The molecule has 0 radical (unpaired) electrons. The SMILES string of the molecule is CSc1ccc(C(=O)NC(C)c2cccc(NS(C)(=O)=O)c2)cc1. The molecule has 24 heavy (non-hydrogen) atoms. The van der Waals surface area contributed by atoms with E-state index < -0.39 is 10.0 Å². The first-order valence-electron chi connectivity index (χ1n) is 7.31. The fraction of sp³-hybridized carbons (Fsp3) is 0.235. The molecule has 1 amide bonds. The lowest BCUT2D eigenvalue weighted by Gasteiger charge is -2.16. The van der Waals surface area contributed by atoms with E-state index in [-0.39, 0.29) is 11.9 Å². The van der Waals surface area contributed by atoms with Gasteiger partial charge in [0.25, 0.3) is 5.91 Å². The number of anilines is 1. The van der Waals surface area contributed by atoms with E-state index in [0.717, 1.165) is 16.7 Å². The van der Waals surface area contributed by atoms with Crippen LogP contribution in [0.15, 0.2) is 53.4 Å². The van der Waals surface area contributed by atoms with Gasteiger partial charge in [-0.15, -0.1) is 11.8 Å². The van der Waals surface area contributed by atoms with Gasteiger partial charge in [-0.3, -0.25) is 9.52 Å². The first-order chi connectivity index (χ1) is 11.3. The molecule has 7 heteroatoms. The van der Waals surface area contributed by atoms with E-state index in [1.807, 2.05) is 31.4 Å². The van der Waals surface area contributed by atoms with Crippen LogP contribution in [0.1, 0.15) is 28.9 Å². The molecular weight excluding hydrogens is 344 g/mol. The average molecular weight is 364 g/mol. The molecule has 0 spiro atoms. The number of carbonyl (C=O) groups is 1. The van der Waals surface area contributed by atoms with Crippen molar-refractivity contribution in [1.82, 2.24) is 5.32 Å². The van der Waals surface area contributed by atoms with Gasteiger partial charge < -0.3 is 5.32 Å². The Morgan fingerprint density at radius 3 is 2.38 bits per heavy atom. The third kappa shape index (κ3) is 5.28. The number of benzene rings is 2. The van der Waals surface area contributed by atoms with Crippen molar-refractivity contribution in [1.29, 1.82) is 0 Å². The normalized spacial score (nSPS) is 12.5. The zero-order chi connectivity index (χ0) is 17.7. The van der Waals surface area contributed by atoms with E-state index >= 15 is 0 Å². The number of sulfonamides is 1. The third-order valence-corrected chi connectivity index (χ3v) is 4.74. The molecule has 0 aromatic heterocycles. The fourth-order valence-corrected chi connectivity index (χ4v) is 3.15. The Morgan fingerprint density at radius 2 is 1.79 bits per heavy atom. The van der Waals surface area contributed by atoms with Crippen LogP contribution in [0.5, 0.6) is 0 Å². The van der Waals surface area contributed by atoms with E-state index in [0.29, 0.717) is 11.3 Å². The maximum absolute atomic E-state index is 12.3. The highest BCUT2D eigenvalue weighted by molar-refractivity contribution is 7.98. The van der Waals surface area contributed by atoms with Crippen molar-refractivity contribution in [2.75, 3.05) is 17.2 Å². The lowest BCUT2D eigenvalue weighted by molar-refractivity contribution is 0.0940. The average Bonchev–Trinajstić information content (AvgIpc) is 2.53. The lowest BCUT2D eigenvalue weighted by Crippen LogP contribution is -2.26. The molecule has 2 N–H and O–H groups in total. The maximum Gasteiger partial charge on any atom is 0.251 e. The standard InChI is InChI=1S/C17H20N2O3S2/c1-12(14-5-4-6-15(11-14)19-24(3,21)22)18-17(20)13-7-9-16(23-2)10-8-13/h4-12,19H,1-3H3,(H,18,20). The summed E-state index contributed by atoms with van der Waals surface area (Å²) in [5.41, 5.74) is 1.88. The Morgan fingerprint density at radius 1 is 1.12 bits per heavy atom. The first kappa shape index (κ1) is 18.4. The Bertz CT molecular complexity index is 818. The molecule has 2 aromatic carbocycles. The summed E-state index contributed by atoms with van der Waals surface area (Å²) < 4.78 is 25.1. The summed E-state index contributed by atoms with van der Waals surface area (Å²) in [7, 11) is -3.33. The Labute approximate surface area is 146 Å². The molecule has 0 bridgehead atoms. The predicted molar refractivity (Wildman–Crippen MR) is 99.0 cm³/mol. The largest absolute Gasteiger partial charge is 0.346 e. The number of nitrogens with one attached hydrogen (secondary N) is 2. The molecule has 0 aliphatic rings. The van der Waals surface area contributed by atoms with Gasteiger partial charge in [-0.05, 0) is 55.1 Å². The number of rotatable bonds is 6. The highest BCUT2D eigenvalue weighted by Gasteiger charge is 2.12. The molecule has 0 fully saturated rings. The van der Waals surface area contributed by atoms with Crippen LogP contribution >= 0.6 is 11.8 Å². The molecule has 0 saturated carbocycles. The van der Waals surface area contributed by atoms with Crippen molar-refractivity contribution in [3.63, 3.8) is 0 Å². The van der Waals surface area contributed by atoms with E-state index in [1.54, 1.807) is 42.1 Å². The van der Waals surface area contributed by atoms with Crippen molar-refractivity contribution in [3.05, 3.63) is 59.7 Å². The number of hydrogen-bond donors (Lipinski definition) is 2. The van der Waals surface area contributed by atoms with E-state index in [1.165, 1.54) is 0 Å². The third-order valence-electron chi connectivity index (χ3n) is 3.39. The van der Waals surface area contributed by atoms with Crippen molar-refractivity contribution in [2.45, 2.75) is 17.9 Å². The second kappa shape index (κ2) is 7.72. The first-order valence-corrected chi connectivity index (χ1v) is 10.4. The van der Waals surface area contributed by atoms with Crippen molar-refractivity contribution in [2.24, 2.45) is 0 Å². The summed E-state index contributed by atoms with van der Waals surface area (Å²) in [5, 5.41) is 2.92. The summed E-state index contributed by atoms with van der Waals surface area (Å²) in [4.78, 5) is 13.4. The zero-order valence-corrected chi connectivity index (χ0v) is 15.4. The molecule has 5 nitrogen and oxygen atoms in total. The Kier molecular flexibility index (Phi) is 5.90. The molecule has 2 rings (SSSR count). The summed E-state index contributed by atoms with van der Waals surface area (Å²) in [5.74, 6) is -0.170. The lowest BCUT2D eigenvalue weighted by atomic mass is 10.1. The zero-order valence-electron chi connectivity index (χ0n) is 13.7. The van der Waals surface area contributed by atoms with E-state index in [9.17, 15) is 13.2 Å². The Balaban J connectivity index is 2.09. The van der Waals surface area contributed by atoms with Gasteiger partial charge >= 0.3 is 0 Å². The molecule has 0 heterocycles. The summed E-state index contributed by atoms with van der Waals surface area (Å²) in [6.07, 6.45) is 3.08. The quantitative estimate of drug-likeness (QED) is 0.772. The number of hydrogen-bond acceptors (Lipinski definition) is 4. The van der Waals surface area contributed by atoms with Gasteiger partial charge in [-0.25, -0.2) is 8.42 Å². The van der Waals surface area contributed by atoms with Crippen LogP contribution < -0.4 is 10.0 Å². The van der Waals surface area contributed by atoms with Gasteiger partial charge in [0.2, 0.25) is 10.0 Å². The monoisotopic (exact) mass is 364 g/mol. The Hall–Kier alpha value is -1.99. The van der Waals surface area contributed by atoms with Crippen LogP contribution in [0.3, 0.4) is 0 Å². The van der Waals surface area contributed by atoms with E-state index in [4.69, 9.17) is 0 Å². The second-order valence-corrected chi connectivity index (χ2v) is 8.05. The molecule has 128 valence electrons. The summed E-state index contributed by atoms with van der Waals surface area (Å²) >= 11 is 1.62. The fourth-order valence-electron chi connectivity index (χ4n) is 2.19. The maximum atomic E-state index is 12.3. The van der Waals surface area contributed by atoms with Crippen molar-refractivity contribution in [3.8, 4) is 0 Å². The molecule has 0 aliphatic heterocycles. The van der Waals surface area contributed by atoms with Crippen molar-refractivity contribution < 1.29 is 13.2 Å². The van der Waals surface area contributed by atoms with Crippen LogP contribution in [0.2, 0.25) is 0 Å². The van der Waals surface area contributed by atoms with Crippen LogP contribution in [-0.4, -0.2) is 26.8 Å². The molecule has 1 unspecified atom stereocenters. The number of carbonyl (C=O) groups excluding carboxylic acids is 1. The molecule has 0 saturated heterocycles. The second-order valence-electron chi connectivity index (χ2n) is 5.42. The minimum atomic E-state index is -3.33. The van der Waals surface area contributed by atoms with Crippen molar-refractivity contribution >= 4 is 33.4 Å². The van der Waals surface area contributed by atoms with Gasteiger partial charge in [-0.1, -0.05) is 12.1 Å². The van der Waals surface area contributed by atoms with E-state index in [2.05, 4.69) is 10.0 Å². The smallest absolute Gasteiger partial charge is 0.251 e. The topological polar surface area (TPSA) is 75.3 Å². The number of thioether (sulfide) groups is 1. The molecule has 0 aliphatic carbocycles. The minimum Gasteiger partial charge on any atom is -0.346 e. The summed E-state index contributed by atoms with van der Waals surface area (Å²) in [6.45, 7) is 1.85. The summed E-state index contributed by atoms with van der Waals surface area (Å²) in [6, 6.07) is 14.1. The van der Waals surface area contributed by atoms with Crippen LogP contribution in [0, 0.1) is 0 Å². The molecular formula is C17H20N2O3S2. The van der Waals surface area contributed by atoms with Gasteiger partial charge in [0.1, 0.15) is 0 Å². The highest BCUT2D eigenvalue weighted by Crippen LogP contribution is 2.19. The predicted octanol–water partition coefficient (Wildman–Crippen LogP) is 3.27.